The van der Waals surface area contributed by atoms with Crippen LogP contribution in [-0.4, -0.2) is 16.1 Å². The SMILES string of the molecule is CC(=O)c1csc(C(=O)Nc2ccc3sncc3c2)c1. The molecule has 2 aromatic heterocycles. The summed E-state index contributed by atoms with van der Waals surface area (Å²) in [5.74, 6) is -0.240. The number of fused-ring (bicyclic) bond motifs is 1. The summed E-state index contributed by atoms with van der Waals surface area (Å²) in [5.41, 5.74) is 1.29. The van der Waals surface area contributed by atoms with Crippen molar-refractivity contribution >= 4 is 50.3 Å². The first kappa shape index (κ1) is 13.0. The quantitative estimate of drug-likeness (QED) is 0.748. The second kappa shape index (κ2) is 5.15. The Bertz CT molecular complexity index is 804. The minimum Gasteiger partial charge on any atom is -0.321 e. The molecule has 3 rings (SSSR count). The minimum atomic E-state index is -0.204. The van der Waals surface area contributed by atoms with Gasteiger partial charge >= 0.3 is 0 Å². The van der Waals surface area contributed by atoms with Gasteiger partial charge in [0.2, 0.25) is 0 Å². The van der Waals surface area contributed by atoms with Crippen LogP contribution in [-0.2, 0) is 0 Å². The predicted octanol–water partition coefficient (Wildman–Crippen LogP) is 3.81. The number of nitrogens with one attached hydrogen (secondary N) is 1. The zero-order valence-electron chi connectivity index (χ0n) is 10.5. The highest BCUT2D eigenvalue weighted by Crippen LogP contribution is 2.23. The fraction of sp³-hybridized carbons (Fsp3) is 0.0714. The van der Waals surface area contributed by atoms with E-state index in [-0.39, 0.29) is 11.7 Å². The number of aromatic nitrogens is 1. The van der Waals surface area contributed by atoms with Gasteiger partial charge in [0.1, 0.15) is 0 Å². The molecular formula is C14H10N2O2S2. The second-order valence-corrected chi connectivity index (χ2v) is 6.03. The van der Waals surface area contributed by atoms with E-state index in [4.69, 9.17) is 0 Å². The number of carbonyl (C=O) groups excluding carboxylic acids is 2. The fourth-order valence-electron chi connectivity index (χ4n) is 1.78. The Labute approximate surface area is 123 Å². The molecule has 0 bridgehead atoms. The van der Waals surface area contributed by atoms with Crippen molar-refractivity contribution in [2.45, 2.75) is 6.92 Å². The number of Topliss-reactive ketones (excluding diaryl/α,β-unsaturated/α-hetero) is 1. The van der Waals surface area contributed by atoms with Crippen LogP contribution >= 0.6 is 22.9 Å². The van der Waals surface area contributed by atoms with Crippen LogP contribution in [0, 0.1) is 0 Å². The number of ketones is 1. The Hall–Kier alpha value is -2.05. The maximum absolute atomic E-state index is 12.1. The van der Waals surface area contributed by atoms with Crippen LogP contribution in [0.1, 0.15) is 27.0 Å². The smallest absolute Gasteiger partial charge is 0.265 e. The Morgan fingerprint density at radius 1 is 1.25 bits per heavy atom. The molecule has 1 amide bonds. The zero-order valence-corrected chi connectivity index (χ0v) is 12.2. The normalized spacial score (nSPS) is 10.7. The third kappa shape index (κ3) is 2.48. The standard InChI is InChI=1S/C14H10N2O2S2/c1-8(17)10-5-13(19-7-10)14(18)16-11-2-3-12-9(4-11)6-15-20-12/h2-7H,1H3,(H,16,18). The highest BCUT2D eigenvalue weighted by molar-refractivity contribution is 7.13. The molecule has 0 aliphatic carbocycles. The molecule has 2 heterocycles. The van der Waals surface area contributed by atoms with Crippen molar-refractivity contribution in [2.24, 2.45) is 0 Å². The van der Waals surface area contributed by atoms with Gasteiger partial charge in [-0.15, -0.1) is 11.3 Å². The highest BCUT2D eigenvalue weighted by atomic mass is 32.1. The fourth-order valence-corrected chi connectivity index (χ4v) is 3.25. The molecule has 0 aliphatic heterocycles. The number of hydrogen-bond donors (Lipinski definition) is 1. The van der Waals surface area contributed by atoms with E-state index in [1.807, 2.05) is 18.2 Å². The van der Waals surface area contributed by atoms with Gasteiger partial charge in [-0.3, -0.25) is 9.59 Å². The molecular weight excluding hydrogens is 292 g/mol. The van der Waals surface area contributed by atoms with E-state index >= 15 is 0 Å². The summed E-state index contributed by atoms with van der Waals surface area (Å²) < 4.78 is 5.18. The number of benzene rings is 1. The number of rotatable bonds is 3. The molecule has 0 spiro atoms. The average molecular weight is 302 g/mol. The Morgan fingerprint density at radius 3 is 2.85 bits per heavy atom. The van der Waals surface area contributed by atoms with Crippen LogP contribution in [0.3, 0.4) is 0 Å². The first-order valence-electron chi connectivity index (χ1n) is 5.89. The third-order valence-electron chi connectivity index (χ3n) is 2.84. The van der Waals surface area contributed by atoms with Crippen LogP contribution in [0.25, 0.3) is 10.1 Å². The summed E-state index contributed by atoms with van der Waals surface area (Å²) >= 11 is 2.69. The van der Waals surface area contributed by atoms with Crippen LogP contribution in [0.2, 0.25) is 0 Å². The van der Waals surface area contributed by atoms with Crippen LogP contribution in [0.5, 0.6) is 0 Å². The lowest BCUT2D eigenvalue weighted by Crippen LogP contribution is -2.10. The molecule has 0 aliphatic rings. The first-order chi connectivity index (χ1) is 9.63. The van der Waals surface area contributed by atoms with Gasteiger partial charge in [0.05, 0.1) is 9.58 Å². The number of thiophene rings is 1. The van der Waals surface area contributed by atoms with Gasteiger partial charge in [0.15, 0.2) is 5.78 Å². The highest BCUT2D eigenvalue weighted by Gasteiger charge is 2.11. The van der Waals surface area contributed by atoms with Crippen LogP contribution in [0.4, 0.5) is 5.69 Å². The van der Waals surface area contributed by atoms with Gasteiger partial charge in [-0.25, -0.2) is 0 Å². The largest absolute Gasteiger partial charge is 0.321 e. The number of anilines is 1. The topological polar surface area (TPSA) is 59.1 Å². The lowest BCUT2D eigenvalue weighted by molar-refractivity contribution is 0.101. The van der Waals surface area contributed by atoms with E-state index in [0.717, 1.165) is 15.8 Å². The molecule has 1 aromatic carbocycles. The monoisotopic (exact) mass is 302 g/mol. The molecule has 1 N–H and O–H groups in total. The molecule has 3 aromatic rings. The van der Waals surface area contributed by atoms with Gasteiger partial charge in [0, 0.05) is 28.2 Å². The first-order valence-corrected chi connectivity index (χ1v) is 7.54. The summed E-state index contributed by atoms with van der Waals surface area (Å²) in [6.07, 6.45) is 1.77. The summed E-state index contributed by atoms with van der Waals surface area (Å²) in [4.78, 5) is 23.9. The summed E-state index contributed by atoms with van der Waals surface area (Å²) in [6.45, 7) is 1.49. The summed E-state index contributed by atoms with van der Waals surface area (Å²) in [6, 6.07) is 7.28. The lowest BCUT2D eigenvalue weighted by atomic mass is 10.2. The van der Waals surface area contributed by atoms with E-state index < -0.39 is 0 Å². The number of amides is 1. The molecule has 4 nitrogen and oxygen atoms in total. The van der Waals surface area contributed by atoms with Gasteiger partial charge in [0.25, 0.3) is 5.91 Å². The number of carbonyl (C=O) groups is 2. The van der Waals surface area contributed by atoms with Crippen molar-refractivity contribution in [3.05, 3.63) is 46.3 Å². The molecule has 0 radical (unpaired) electrons. The summed E-state index contributed by atoms with van der Waals surface area (Å²) in [5, 5.41) is 5.53. The van der Waals surface area contributed by atoms with Crippen molar-refractivity contribution in [3.8, 4) is 0 Å². The maximum atomic E-state index is 12.1. The van der Waals surface area contributed by atoms with E-state index in [1.165, 1.54) is 29.8 Å². The second-order valence-electron chi connectivity index (χ2n) is 4.29. The molecule has 100 valence electrons. The van der Waals surface area contributed by atoms with Crippen molar-refractivity contribution < 1.29 is 9.59 Å². The third-order valence-corrected chi connectivity index (χ3v) is 4.55. The Balaban J connectivity index is 1.82. The minimum absolute atomic E-state index is 0.0360. The van der Waals surface area contributed by atoms with E-state index in [2.05, 4.69) is 9.69 Å². The summed E-state index contributed by atoms with van der Waals surface area (Å²) in [7, 11) is 0. The van der Waals surface area contributed by atoms with E-state index in [9.17, 15) is 9.59 Å². The molecule has 6 heteroatoms. The van der Waals surface area contributed by atoms with Gasteiger partial charge in [-0.2, -0.15) is 4.37 Å². The van der Waals surface area contributed by atoms with Crippen molar-refractivity contribution in [3.63, 3.8) is 0 Å². The molecule has 0 saturated carbocycles. The van der Waals surface area contributed by atoms with Gasteiger partial charge in [-0.1, -0.05) is 0 Å². The Kier molecular flexibility index (Phi) is 3.33. The Morgan fingerprint density at radius 2 is 2.10 bits per heavy atom. The van der Waals surface area contributed by atoms with Gasteiger partial charge < -0.3 is 5.32 Å². The molecule has 0 atom stereocenters. The maximum Gasteiger partial charge on any atom is 0.265 e. The molecule has 0 saturated heterocycles. The van der Waals surface area contributed by atoms with Crippen molar-refractivity contribution in [2.75, 3.05) is 5.32 Å². The van der Waals surface area contributed by atoms with E-state index in [0.29, 0.717) is 10.4 Å². The van der Waals surface area contributed by atoms with Crippen LogP contribution < -0.4 is 5.32 Å². The number of nitrogens with zero attached hydrogens (tertiary/aromatic N) is 1. The molecule has 0 fully saturated rings. The zero-order chi connectivity index (χ0) is 14.1. The predicted molar refractivity (Wildman–Crippen MR) is 81.9 cm³/mol. The van der Waals surface area contributed by atoms with Gasteiger partial charge in [-0.05, 0) is 42.7 Å². The van der Waals surface area contributed by atoms with Crippen LogP contribution in [0.15, 0.2) is 35.8 Å². The molecule has 0 unspecified atom stereocenters. The van der Waals surface area contributed by atoms with E-state index in [1.54, 1.807) is 17.6 Å². The van der Waals surface area contributed by atoms with Crippen molar-refractivity contribution in [1.82, 2.24) is 4.37 Å². The molecule has 20 heavy (non-hydrogen) atoms. The lowest BCUT2D eigenvalue weighted by Gasteiger charge is -2.03. The average Bonchev–Trinajstić information content (AvgIpc) is 3.07. The number of hydrogen-bond acceptors (Lipinski definition) is 5. The van der Waals surface area contributed by atoms with Crippen molar-refractivity contribution in [1.29, 1.82) is 0 Å².